The minimum absolute atomic E-state index is 0.246. The van der Waals surface area contributed by atoms with E-state index in [4.69, 9.17) is 4.74 Å². The number of aliphatic hydroxyl groups is 1. The van der Waals surface area contributed by atoms with Gasteiger partial charge in [0.25, 0.3) is 0 Å². The third kappa shape index (κ3) is 4.99. The maximum atomic E-state index is 10.6. The first-order chi connectivity index (χ1) is 11.6. The molecule has 2 aliphatic heterocycles. The molecule has 0 saturated carbocycles. The fraction of sp³-hybridized carbons (Fsp3) is 0.882. The van der Waals surface area contributed by atoms with E-state index < -0.39 is 0 Å². The van der Waals surface area contributed by atoms with Crippen molar-refractivity contribution in [3.63, 3.8) is 0 Å². The second-order valence-corrected chi connectivity index (χ2v) is 7.39. The fourth-order valence-electron chi connectivity index (χ4n) is 4.11. The molecule has 0 aromatic carbocycles. The number of aliphatic hydroxyl groups excluding tert-OH is 1. The van der Waals surface area contributed by atoms with Crippen LogP contribution in [0.4, 0.5) is 0 Å². The van der Waals surface area contributed by atoms with Crippen LogP contribution >= 0.6 is 0 Å². The topological polar surface area (TPSA) is 66.7 Å². The van der Waals surface area contributed by atoms with Gasteiger partial charge in [-0.05, 0) is 33.2 Å². The number of aromatic nitrogens is 3. The first-order valence-electron chi connectivity index (χ1n) is 9.22. The highest BCUT2D eigenvalue weighted by Gasteiger charge is 2.28. The summed E-state index contributed by atoms with van der Waals surface area (Å²) in [6, 6.07) is 0.442. The van der Waals surface area contributed by atoms with E-state index in [2.05, 4.69) is 33.7 Å². The molecule has 1 aromatic rings. The molecule has 1 aromatic heterocycles. The average Bonchev–Trinajstić information content (AvgIpc) is 3.01. The molecule has 0 bridgehead atoms. The molecule has 0 aliphatic carbocycles. The smallest absolute Gasteiger partial charge is 0.137 e. The van der Waals surface area contributed by atoms with Crippen LogP contribution in [0.1, 0.15) is 33.1 Å². The standard InChI is InChI=1S/C17H31N5O2/c1-14-7-20(8-15(2)24-14)10-17(23)11-21-6-4-3-5-16(21)9-22-13-18-12-19-22/h12-17,23H,3-11H2,1-2H3/t14-,15-,16-,17+/m1/s1. The first-order valence-corrected chi connectivity index (χ1v) is 9.22. The van der Waals surface area contributed by atoms with Crippen molar-refractivity contribution in [1.29, 1.82) is 0 Å². The Hall–Kier alpha value is -1.02. The molecule has 4 atom stereocenters. The van der Waals surface area contributed by atoms with Gasteiger partial charge in [0.2, 0.25) is 0 Å². The quantitative estimate of drug-likeness (QED) is 0.820. The Morgan fingerprint density at radius 2 is 2.00 bits per heavy atom. The Bertz CT molecular complexity index is 473. The fourth-order valence-corrected chi connectivity index (χ4v) is 4.11. The van der Waals surface area contributed by atoms with Crippen LogP contribution in [0.25, 0.3) is 0 Å². The zero-order chi connectivity index (χ0) is 16.9. The zero-order valence-corrected chi connectivity index (χ0v) is 14.9. The molecule has 3 rings (SSSR count). The summed E-state index contributed by atoms with van der Waals surface area (Å²) in [4.78, 5) is 8.80. The Morgan fingerprint density at radius 1 is 1.21 bits per heavy atom. The lowest BCUT2D eigenvalue weighted by atomic mass is 10.0. The van der Waals surface area contributed by atoms with Crippen LogP contribution in [-0.2, 0) is 11.3 Å². The molecule has 1 N–H and O–H groups in total. The van der Waals surface area contributed by atoms with Crippen LogP contribution in [0.15, 0.2) is 12.7 Å². The molecule has 7 nitrogen and oxygen atoms in total. The van der Waals surface area contributed by atoms with Crippen molar-refractivity contribution in [1.82, 2.24) is 24.6 Å². The molecular formula is C17H31N5O2. The minimum atomic E-state index is -0.321. The number of piperidine rings is 1. The number of likely N-dealkylation sites (tertiary alicyclic amines) is 1. The third-order valence-electron chi connectivity index (χ3n) is 5.02. The lowest BCUT2D eigenvalue weighted by molar-refractivity contribution is -0.0792. The van der Waals surface area contributed by atoms with E-state index in [9.17, 15) is 5.11 Å². The molecule has 0 radical (unpaired) electrons. The van der Waals surface area contributed by atoms with Crippen LogP contribution in [0.3, 0.4) is 0 Å². The molecular weight excluding hydrogens is 306 g/mol. The van der Waals surface area contributed by atoms with Crippen LogP contribution in [0, 0.1) is 0 Å². The summed E-state index contributed by atoms with van der Waals surface area (Å²) in [5, 5.41) is 14.8. The summed E-state index contributed by atoms with van der Waals surface area (Å²) >= 11 is 0. The summed E-state index contributed by atoms with van der Waals surface area (Å²) in [5.41, 5.74) is 0. The number of morpholine rings is 1. The normalized spacial score (nSPS) is 31.2. The van der Waals surface area contributed by atoms with Gasteiger partial charge in [-0.1, -0.05) is 6.42 Å². The number of hydrogen-bond acceptors (Lipinski definition) is 6. The monoisotopic (exact) mass is 337 g/mol. The highest BCUT2D eigenvalue weighted by molar-refractivity contribution is 4.82. The minimum Gasteiger partial charge on any atom is -0.390 e. The average molecular weight is 337 g/mol. The zero-order valence-electron chi connectivity index (χ0n) is 14.9. The predicted octanol–water partition coefficient (Wildman–Crippen LogP) is 0.603. The highest BCUT2D eigenvalue weighted by Crippen LogP contribution is 2.19. The predicted molar refractivity (Wildman–Crippen MR) is 91.7 cm³/mol. The molecule has 2 fully saturated rings. The van der Waals surface area contributed by atoms with Crippen LogP contribution < -0.4 is 0 Å². The number of rotatable bonds is 6. The van der Waals surface area contributed by atoms with Crippen molar-refractivity contribution in [2.75, 3.05) is 32.7 Å². The molecule has 0 spiro atoms. The van der Waals surface area contributed by atoms with Crippen molar-refractivity contribution in [2.24, 2.45) is 0 Å². The van der Waals surface area contributed by atoms with Gasteiger partial charge in [-0.15, -0.1) is 0 Å². The van der Waals surface area contributed by atoms with Crippen molar-refractivity contribution in [2.45, 2.75) is 64.0 Å². The van der Waals surface area contributed by atoms with Gasteiger partial charge >= 0.3 is 0 Å². The molecule has 136 valence electrons. The lowest BCUT2D eigenvalue weighted by Gasteiger charge is -2.39. The van der Waals surface area contributed by atoms with Gasteiger partial charge < -0.3 is 9.84 Å². The van der Waals surface area contributed by atoms with E-state index in [1.807, 2.05) is 4.68 Å². The van der Waals surface area contributed by atoms with E-state index in [1.165, 1.54) is 12.8 Å². The summed E-state index contributed by atoms with van der Waals surface area (Å²) in [7, 11) is 0. The lowest BCUT2D eigenvalue weighted by Crippen LogP contribution is -2.51. The second-order valence-electron chi connectivity index (χ2n) is 7.39. The Labute approximate surface area is 144 Å². The molecule has 2 aliphatic rings. The van der Waals surface area contributed by atoms with E-state index in [0.717, 1.165) is 45.7 Å². The molecule has 3 heterocycles. The second kappa shape index (κ2) is 8.38. The Kier molecular flexibility index (Phi) is 6.21. The van der Waals surface area contributed by atoms with Gasteiger partial charge in [-0.3, -0.25) is 14.5 Å². The molecule has 0 amide bonds. The highest BCUT2D eigenvalue weighted by atomic mass is 16.5. The third-order valence-corrected chi connectivity index (χ3v) is 5.02. The summed E-state index contributed by atoms with van der Waals surface area (Å²) < 4.78 is 7.68. The van der Waals surface area contributed by atoms with Crippen molar-refractivity contribution < 1.29 is 9.84 Å². The molecule has 24 heavy (non-hydrogen) atoms. The van der Waals surface area contributed by atoms with Gasteiger partial charge in [0, 0.05) is 32.2 Å². The van der Waals surface area contributed by atoms with Crippen molar-refractivity contribution in [3.05, 3.63) is 12.7 Å². The van der Waals surface area contributed by atoms with E-state index >= 15 is 0 Å². The maximum Gasteiger partial charge on any atom is 0.137 e. The van der Waals surface area contributed by atoms with Crippen molar-refractivity contribution in [3.8, 4) is 0 Å². The van der Waals surface area contributed by atoms with Crippen LogP contribution in [-0.4, -0.2) is 86.7 Å². The van der Waals surface area contributed by atoms with Gasteiger partial charge in [0.1, 0.15) is 12.7 Å². The van der Waals surface area contributed by atoms with Gasteiger partial charge in [-0.25, -0.2) is 4.98 Å². The first kappa shape index (κ1) is 17.8. The number of nitrogens with zero attached hydrogens (tertiary/aromatic N) is 5. The number of hydrogen-bond donors (Lipinski definition) is 1. The summed E-state index contributed by atoms with van der Waals surface area (Å²) in [6.07, 6.45) is 7.17. The number of ether oxygens (including phenoxy) is 1. The molecule has 0 unspecified atom stereocenters. The largest absolute Gasteiger partial charge is 0.390 e. The summed E-state index contributed by atoms with van der Waals surface area (Å²) in [5.74, 6) is 0. The van der Waals surface area contributed by atoms with Gasteiger partial charge in [-0.2, -0.15) is 5.10 Å². The molecule has 7 heteroatoms. The van der Waals surface area contributed by atoms with E-state index in [-0.39, 0.29) is 18.3 Å². The van der Waals surface area contributed by atoms with E-state index in [1.54, 1.807) is 12.7 Å². The number of β-amino-alcohol motifs (C(OH)–C–C–N with tert-alkyl or cyclic N) is 1. The molecule has 2 saturated heterocycles. The van der Waals surface area contributed by atoms with Gasteiger partial charge in [0.15, 0.2) is 0 Å². The Morgan fingerprint density at radius 3 is 2.71 bits per heavy atom. The van der Waals surface area contributed by atoms with Gasteiger partial charge in [0.05, 0.1) is 24.9 Å². The summed E-state index contributed by atoms with van der Waals surface area (Å²) in [6.45, 7) is 9.41. The van der Waals surface area contributed by atoms with E-state index in [0.29, 0.717) is 6.04 Å². The maximum absolute atomic E-state index is 10.6. The Balaban J connectivity index is 1.50. The van der Waals surface area contributed by atoms with Crippen LogP contribution in [0.2, 0.25) is 0 Å². The SMILES string of the molecule is C[C@@H]1CN(C[C@H](O)CN2CCCC[C@@H]2Cn2cncn2)C[C@@H](C)O1. The van der Waals surface area contributed by atoms with Crippen molar-refractivity contribution >= 4 is 0 Å². The van der Waals surface area contributed by atoms with Crippen LogP contribution in [0.5, 0.6) is 0 Å².